The first-order chi connectivity index (χ1) is 13.4. The number of hydrogen-bond acceptors (Lipinski definition) is 5. The minimum Gasteiger partial charge on any atom is -0.490 e. The molecule has 1 aliphatic heterocycles. The van der Waals surface area contributed by atoms with Crippen molar-refractivity contribution in [1.82, 2.24) is 5.32 Å². The maximum absolute atomic E-state index is 12.7. The zero-order valence-corrected chi connectivity index (χ0v) is 16.4. The van der Waals surface area contributed by atoms with E-state index in [9.17, 15) is 14.9 Å². The third-order valence-electron chi connectivity index (χ3n) is 4.49. The molecule has 1 N–H and O–H groups in total. The normalized spacial score (nSPS) is 14.3. The van der Waals surface area contributed by atoms with Crippen LogP contribution in [0.15, 0.2) is 36.4 Å². The van der Waals surface area contributed by atoms with Crippen LogP contribution in [0.25, 0.3) is 0 Å². The highest BCUT2D eigenvalue weighted by molar-refractivity contribution is 6.32. The number of hydrogen-bond donors (Lipinski definition) is 1. The summed E-state index contributed by atoms with van der Waals surface area (Å²) in [4.78, 5) is 23.2. The number of fused-ring (bicyclic) bond motifs is 1. The molecule has 0 spiro atoms. The average molecular weight is 405 g/mol. The molecule has 0 saturated heterocycles. The summed E-state index contributed by atoms with van der Waals surface area (Å²) in [6.45, 7) is 5.15. The number of nitro benzene ring substituents is 1. The highest BCUT2D eigenvalue weighted by Crippen LogP contribution is 2.34. The number of halogens is 1. The summed E-state index contributed by atoms with van der Waals surface area (Å²) in [5.74, 6) is 1.00. The van der Waals surface area contributed by atoms with Crippen molar-refractivity contribution in [3.63, 3.8) is 0 Å². The van der Waals surface area contributed by atoms with Gasteiger partial charge in [-0.15, -0.1) is 0 Å². The molecule has 1 aliphatic rings. The summed E-state index contributed by atoms with van der Waals surface area (Å²) in [7, 11) is 0. The molecule has 148 valence electrons. The van der Waals surface area contributed by atoms with Crippen LogP contribution >= 0.6 is 11.6 Å². The molecule has 2 aromatic rings. The summed E-state index contributed by atoms with van der Waals surface area (Å²) in [6.07, 6.45) is 0.809. The van der Waals surface area contributed by atoms with Gasteiger partial charge in [-0.25, -0.2) is 0 Å². The average Bonchev–Trinajstić information content (AvgIpc) is 2.90. The molecule has 0 unspecified atom stereocenters. The van der Waals surface area contributed by atoms with Crippen LogP contribution < -0.4 is 14.8 Å². The van der Waals surface area contributed by atoms with E-state index >= 15 is 0 Å². The molecular weight excluding hydrogens is 384 g/mol. The fourth-order valence-electron chi connectivity index (χ4n) is 3.03. The number of nitrogens with one attached hydrogen (secondary N) is 1. The molecule has 0 aromatic heterocycles. The van der Waals surface area contributed by atoms with Gasteiger partial charge in [0, 0.05) is 18.1 Å². The summed E-state index contributed by atoms with van der Waals surface area (Å²) in [5.41, 5.74) is 0.748. The second-order valence-corrected chi connectivity index (χ2v) is 7.28. The van der Waals surface area contributed by atoms with Gasteiger partial charge in [0.1, 0.15) is 5.02 Å². The number of benzene rings is 2. The van der Waals surface area contributed by atoms with E-state index in [1.165, 1.54) is 18.2 Å². The molecule has 8 heteroatoms. The van der Waals surface area contributed by atoms with Crippen LogP contribution in [-0.2, 0) is 0 Å². The van der Waals surface area contributed by atoms with E-state index in [4.69, 9.17) is 21.1 Å². The zero-order chi connectivity index (χ0) is 20.3. The van der Waals surface area contributed by atoms with Crippen molar-refractivity contribution in [3.8, 4) is 11.5 Å². The standard InChI is InChI=1S/C20H21ClN2O5/c1-12(2)19(13-5-7-17-18(11-13)28-9-3-8-27-17)22-20(24)14-4-6-15(21)16(10-14)23(25)26/h4-7,10-12,19H,3,8-9H2,1-2H3,(H,22,24)/t19-/m0/s1. The molecule has 0 aliphatic carbocycles. The first kappa shape index (κ1) is 19.9. The first-order valence-electron chi connectivity index (χ1n) is 9.01. The van der Waals surface area contributed by atoms with Crippen LogP contribution in [0.4, 0.5) is 5.69 Å². The predicted molar refractivity (Wildman–Crippen MR) is 105 cm³/mol. The van der Waals surface area contributed by atoms with Crippen molar-refractivity contribution in [1.29, 1.82) is 0 Å². The fraction of sp³-hybridized carbons (Fsp3) is 0.350. The first-order valence-corrected chi connectivity index (χ1v) is 9.39. The molecule has 1 heterocycles. The molecule has 0 radical (unpaired) electrons. The lowest BCUT2D eigenvalue weighted by atomic mass is 9.95. The molecule has 1 amide bonds. The summed E-state index contributed by atoms with van der Waals surface area (Å²) in [5, 5.41) is 14.0. The van der Waals surface area contributed by atoms with Gasteiger partial charge in [-0.2, -0.15) is 0 Å². The minimum absolute atomic E-state index is 0.00939. The third-order valence-corrected chi connectivity index (χ3v) is 4.81. The van der Waals surface area contributed by atoms with E-state index in [1.807, 2.05) is 32.0 Å². The molecule has 0 fully saturated rings. The molecule has 1 atom stereocenters. The van der Waals surface area contributed by atoms with Gasteiger partial charge in [0.15, 0.2) is 11.5 Å². The van der Waals surface area contributed by atoms with Gasteiger partial charge in [-0.05, 0) is 35.7 Å². The highest BCUT2D eigenvalue weighted by atomic mass is 35.5. The van der Waals surface area contributed by atoms with Gasteiger partial charge in [0.25, 0.3) is 11.6 Å². The number of carbonyl (C=O) groups is 1. The van der Waals surface area contributed by atoms with E-state index in [2.05, 4.69) is 5.32 Å². The van der Waals surface area contributed by atoms with Crippen LogP contribution in [0.2, 0.25) is 5.02 Å². The van der Waals surface area contributed by atoms with Crippen molar-refractivity contribution < 1.29 is 19.2 Å². The van der Waals surface area contributed by atoms with Gasteiger partial charge < -0.3 is 14.8 Å². The van der Waals surface area contributed by atoms with Gasteiger partial charge in [0.2, 0.25) is 0 Å². The Bertz CT molecular complexity index is 900. The van der Waals surface area contributed by atoms with Crippen LogP contribution in [0.5, 0.6) is 11.5 Å². The monoisotopic (exact) mass is 404 g/mol. The number of nitro groups is 1. The maximum atomic E-state index is 12.7. The van der Waals surface area contributed by atoms with Crippen molar-refractivity contribution in [2.45, 2.75) is 26.3 Å². The molecule has 2 aromatic carbocycles. The molecule has 3 rings (SSSR count). The molecule has 0 saturated carbocycles. The minimum atomic E-state index is -0.608. The number of amides is 1. The Morgan fingerprint density at radius 2 is 1.86 bits per heavy atom. The van der Waals surface area contributed by atoms with E-state index in [-0.39, 0.29) is 28.2 Å². The Morgan fingerprint density at radius 3 is 2.54 bits per heavy atom. The Kier molecular flexibility index (Phi) is 6.04. The number of carbonyl (C=O) groups excluding carboxylic acids is 1. The Hall–Kier alpha value is -2.80. The zero-order valence-electron chi connectivity index (χ0n) is 15.6. The number of rotatable bonds is 5. The quantitative estimate of drug-likeness (QED) is 0.583. The second-order valence-electron chi connectivity index (χ2n) is 6.88. The maximum Gasteiger partial charge on any atom is 0.288 e. The van der Waals surface area contributed by atoms with Gasteiger partial charge in [-0.1, -0.05) is 31.5 Å². The lowest BCUT2D eigenvalue weighted by Gasteiger charge is -2.24. The predicted octanol–water partition coefficient (Wildman–Crippen LogP) is 4.54. The molecule has 7 nitrogen and oxygen atoms in total. The smallest absolute Gasteiger partial charge is 0.288 e. The van der Waals surface area contributed by atoms with Gasteiger partial charge in [0.05, 0.1) is 24.2 Å². The lowest BCUT2D eigenvalue weighted by molar-refractivity contribution is -0.384. The molecule has 0 bridgehead atoms. The van der Waals surface area contributed by atoms with Crippen molar-refractivity contribution >= 4 is 23.2 Å². The SMILES string of the molecule is CC(C)[C@H](NC(=O)c1ccc(Cl)c([N+](=O)[O-])c1)c1ccc2c(c1)OCCCO2. The summed E-state index contributed by atoms with van der Waals surface area (Å²) < 4.78 is 11.4. The molecule has 28 heavy (non-hydrogen) atoms. The number of nitrogens with zero attached hydrogens (tertiary/aromatic N) is 1. The van der Waals surface area contributed by atoms with Crippen LogP contribution in [0.1, 0.15) is 42.2 Å². The largest absolute Gasteiger partial charge is 0.490 e. The third kappa shape index (κ3) is 4.36. The Labute approximate surface area is 167 Å². The van der Waals surface area contributed by atoms with E-state index in [0.717, 1.165) is 12.0 Å². The van der Waals surface area contributed by atoms with Crippen LogP contribution in [0, 0.1) is 16.0 Å². The van der Waals surface area contributed by atoms with Crippen molar-refractivity contribution in [2.75, 3.05) is 13.2 Å². The van der Waals surface area contributed by atoms with E-state index in [1.54, 1.807) is 0 Å². The summed E-state index contributed by atoms with van der Waals surface area (Å²) in [6, 6.07) is 9.30. The summed E-state index contributed by atoms with van der Waals surface area (Å²) >= 11 is 5.83. The molecular formula is C20H21ClN2O5. The van der Waals surface area contributed by atoms with Crippen LogP contribution in [0.3, 0.4) is 0 Å². The fourth-order valence-corrected chi connectivity index (χ4v) is 3.21. The van der Waals surface area contributed by atoms with Gasteiger partial charge in [-0.3, -0.25) is 14.9 Å². The second kappa shape index (κ2) is 8.48. The van der Waals surface area contributed by atoms with Crippen molar-refractivity contribution in [3.05, 3.63) is 62.7 Å². The topological polar surface area (TPSA) is 90.7 Å². The highest BCUT2D eigenvalue weighted by Gasteiger charge is 2.23. The van der Waals surface area contributed by atoms with Crippen LogP contribution in [-0.4, -0.2) is 24.0 Å². The van der Waals surface area contributed by atoms with E-state index < -0.39 is 10.8 Å². The van der Waals surface area contributed by atoms with Crippen molar-refractivity contribution in [2.24, 2.45) is 5.92 Å². The Morgan fingerprint density at radius 1 is 1.14 bits per heavy atom. The lowest BCUT2D eigenvalue weighted by Crippen LogP contribution is -2.31. The van der Waals surface area contributed by atoms with E-state index in [0.29, 0.717) is 24.7 Å². The Balaban J connectivity index is 1.86. The number of ether oxygens (including phenoxy) is 2. The van der Waals surface area contributed by atoms with Gasteiger partial charge >= 0.3 is 0 Å².